The number of fused-ring (bicyclic) bond motifs is 5. The molecular formula is C32H48O9. The second-order valence-corrected chi connectivity index (χ2v) is 14.3. The highest BCUT2D eigenvalue weighted by Crippen LogP contribution is 2.70. The number of aliphatic hydroxyl groups is 2. The summed E-state index contributed by atoms with van der Waals surface area (Å²) in [5.41, 5.74) is -0.559. The summed E-state index contributed by atoms with van der Waals surface area (Å²) < 4.78 is 29.1. The minimum Gasteiger partial charge on any atom is -0.462 e. The molecule has 9 nitrogen and oxygen atoms in total. The predicted octanol–water partition coefficient (Wildman–Crippen LogP) is 3.68. The fourth-order valence-electron chi connectivity index (χ4n) is 10.4. The Kier molecular flexibility index (Phi) is 7.62. The lowest BCUT2D eigenvalue weighted by molar-refractivity contribution is -0.273. The third-order valence-electron chi connectivity index (χ3n) is 12.5. The number of rotatable bonds is 5. The van der Waals surface area contributed by atoms with Crippen LogP contribution in [0.15, 0.2) is 11.6 Å². The van der Waals surface area contributed by atoms with Gasteiger partial charge in [0.1, 0.15) is 18.8 Å². The molecule has 9 heteroatoms. The van der Waals surface area contributed by atoms with E-state index in [1.165, 1.54) is 6.92 Å². The molecule has 0 bridgehead atoms. The van der Waals surface area contributed by atoms with Gasteiger partial charge in [0.2, 0.25) is 0 Å². The quantitative estimate of drug-likeness (QED) is 0.373. The Morgan fingerprint density at radius 1 is 1.07 bits per heavy atom. The molecule has 0 radical (unpaired) electrons. The summed E-state index contributed by atoms with van der Waals surface area (Å²) in [6.45, 7) is 8.06. The van der Waals surface area contributed by atoms with E-state index in [1.807, 2.05) is 6.92 Å². The maximum Gasteiger partial charge on any atom is 0.331 e. The summed E-state index contributed by atoms with van der Waals surface area (Å²) in [5.74, 6) is 0.0175. The Hall–Kier alpha value is -1.52. The molecule has 13 atom stereocenters. The molecular weight excluding hydrogens is 528 g/mol. The number of hydrogen-bond donors (Lipinski definition) is 2. The van der Waals surface area contributed by atoms with Gasteiger partial charge in [-0.15, -0.1) is 0 Å². The number of ether oxygens (including phenoxy) is 5. The van der Waals surface area contributed by atoms with Crippen LogP contribution < -0.4 is 0 Å². The van der Waals surface area contributed by atoms with Crippen LogP contribution in [0.2, 0.25) is 0 Å². The van der Waals surface area contributed by atoms with Crippen molar-refractivity contribution in [2.75, 3.05) is 13.7 Å². The Bertz CT molecular complexity index is 1080. The minimum atomic E-state index is -0.990. The molecule has 5 fully saturated rings. The molecule has 2 aliphatic heterocycles. The van der Waals surface area contributed by atoms with Gasteiger partial charge in [0, 0.05) is 44.3 Å². The SMILES string of the molecule is CO[C@H]1C[C@H](O[C@H]2CC[C@@]3(C)[C@H](CC[C@@H]4[C@@H]3CC[C@]3(C)[C@@H](C5=CC(=O)OC5)[C@@H](OC(C)=O)C[C@]43O)C2)O[C@H](C)[C@@H]1O. The molecule has 2 N–H and O–H groups in total. The van der Waals surface area contributed by atoms with Gasteiger partial charge in [0.25, 0.3) is 0 Å². The molecule has 6 aliphatic rings. The zero-order valence-corrected chi connectivity index (χ0v) is 25.2. The number of hydrogen-bond acceptors (Lipinski definition) is 9. The number of methoxy groups -OCH3 is 1. The van der Waals surface area contributed by atoms with Gasteiger partial charge in [0.15, 0.2) is 6.29 Å². The van der Waals surface area contributed by atoms with Crippen LogP contribution in [0.5, 0.6) is 0 Å². The third-order valence-corrected chi connectivity index (χ3v) is 12.5. The number of aliphatic hydroxyl groups excluding tert-OH is 1. The molecule has 0 spiro atoms. The standard InChI is InChI=1S/C32H48O9/c1-17-29(35)24(37-5)14-27(39-17)41-21-8-10-30(3)20(13-21)6-7-23-22(30)9-11-31(4)28(19-12-26(34)38-16-19)25(40-18(2)33)15-32(23,31)36/h12,17,20-25,27-29,35-36H,6-11,13-16H2,1-5H3/t17-,20-,21+,22+,23-,24+,25+,27+,28+,29+,30+,31-,32+/m1/s1. The normalized spacial score (nSPS) is 51.2. The molecule has 41 heavy (non-hydrogen) atoms. The van der Waals surface area contributed by atoms with E-state index in [4.69, 9.17) is 23.7 Å². The predicted molar refractivity (Wildman–Crippen MR) is 147 cm³/mol. The van der Waals surface area contributed by atoms with Crippen molar-refractivity contribution in [3.05, 3.63) is 11.6 Å². The van der Waals surface area contributed by atoms with E-state index < -0.39 is 23.2 Å². The topological polar surface area (TPSA) is 121 Å². The van der Waals surface area contributed by atoms with Gasteiger partial charge in [-0.1, -0.05) is 13.8 Å². The summed E-state index contributed by atoms with van der Waals surface area (Å²) >= 11 is 0. The number of cyclic esters (lactones) is 1. The van der Waals surface area contributed by atoms with E-state index in [-0.39, 0.29) is 60.4 Å². The molecule has 0 aromatic rings. The smallest absolute Gasteiger partial charge is 0.331 e. The zero-order chi connectivity index (χ0) is 29.3. The highest BCUT2D eigenvalue weighted by atomic mass is 16.7. The van der Waals surface area contributed by atoms with Crippen LogP contribution in [0.3, 0.4) is 0 Å². The largest absolute Gasteiger partial charge is 0.462 e. The summed E-state index contributed by atoms with van der Waals surface area (Å²) in [7, 11) is 1.62. The first-order valence-electron chi connectivity index (χ1n) is 15.7. The van der Waals surface area contributed by atoms with Crippen molar-refractivity contribution in [3.8, 4) is 0 Å². The van der Waals surface area contributed by atoms with Gasteiger partial charge < -0.3 is 33.9 Å². The van der Waals surface area contributed by atoms with Crippen molar-refractivity contribution in [1.82, 2.24) is 0 Å². The lowest BCUT2D eigenvalue weighted by Gasteiger charge is -2.63. The van der Waals surface area contributed by atoms with E-state index in [2.05, 4.69) is 13.8 Å². The summed E-state index contributed by atoms with van der Waals surface area (Å²) in [4.78, 5) is 24.2. The second-order valence-electron chi connectivity index (χ2n) is 14.3. The molecule has 1 saturated heterocycles. The number of esters is 2. The van der Waals surface area contributed by atoms with Crippen LogP contribution in [0.1, 0.15) is 85.5 Å². The highest BCUT2D eigenvalue weighted by molar-refractivity contribution is 5.85. The molecule has 4 aliphatic carbocycles. The Labute approximate surface area is 243 Å². The first kappa shape index (κ1) is 29.5. The molecule has 0 amide bonds. The Balaban J connectivity index is 1.19. The van der Waals surface area contributed by atoms with Crippen LogP contribution >= 0.6 is 0 Å². The van der Waals surface area contributed by atoms with Crippen molar-refractivity contribution in [2.24, 2.45) is 34.5 Å². The van der Waals surface area contributed by atoms with Crippen molar-refractivity contribution in [1.29, 1.82) is 0 Å². The average Bonchev–Trinajstić information content (AvgIpc) is 3.42. The first-order chi connectivity index (χ1) is 19.4. The third kappa shape index (κ3) is 4.69. The van der Waals surface area contributed by atoms with E-state index in [0.717, 1.165) is 50.5 Å². The van der Waals surface area contributed by atoms with E-state index in [0.29, 0.717) is 24.7 Å². The Morgan fingerprint density at radius 3 is 2.54 bits per heavy atom. The van der Waals surface area contributed by atoms with E-state index in [1.54, 1.807) is 13.2 Å². The summed E-state index contributed by atoms with van der Waals surface area (Å²) in [6.07, 6.45) is 7.14. The monoisotopic (exact) mass is 576 g/mol. The van der Waals surface area contributed by atoms with Crippen molar-refractivity contribution >= 4 is 11.9 Å². The molecule has 230 valence electrons. The maximum absolute atomic E-state index is 12.7. The van der Waals surface area contributed by atoms with Gasteiger partial charge in [-0.3, -0.25) is 4.79 Å². The van der Waals surface area contributed by atoms with Crippen LogP contribution in [0.25, 0.3) is 0 Å². The van der Waals surface area contributed by atoms with Gasteiger partial charge in [-0.25, -0.2) is 4.79 Å². The lowest BCUT2D eigenvalue weighted by Crippen LogP contribution is -2.62. The Morgan fingerprint density at radius 2 is 1.85 bits per heavy atom. The van der Waals surface area contributed by atoms with Crippen LogP contribution in [-0.4, -0.2) is 78.3 Å². The fraction of sp³-hybridized carbons (Fsp3) is 0.875. The van der Waals surface area contributed by atoms with Gasteiger partial charge in [-0.05, 0) is 80.6 Å². The minimum absolute atomic E-state index is 0.0898. The first-order valence-corrected chi connectivity index (χ1v) is 15.7. The molecule has 6 rings (SSSR count). The van der Waals surface area contributed by atoms with Gasteiger partial charge in [-0.2, -0.15) is 0 Å². The highest BCUT2D eigenvalue weighted by Gasteiger charge is 2.71. The van der Waals surface area contributed by atoms with E-state index >= 15 is 0 Å². The number of carbonyl (C=O) groups excluding carboxylic acids is 2. The molecule has 4 saturated carbocycles. The van der Waals surface area contributed by atoms with Gasteiger partial charge >= 0.3 is 11.9 Å². The second kappa shape index (κ2) is 10.6. The molecule has 2 heterocycles. The lowest BCUT2D eigenvalue weighted by atomic mass is 9.43. The zero-order valence-electron chi connectivity index (χ0n) is 25.2. The van der Waals surface area contributed by atoms with Crippen LogP contribution in [0.4, 0.5) is 0 Å². The van der Waals surface area contributed by atoms with Crippen molar-refractivity contribution in [3.63, 3.8) is 0 Å². The molecule has 0 aromatic carbocycles. The molecule has 0 aromatic heterocycles. The average molecular weight is 577 g/mol. The summed E-state index contributed by atoms with van der Waals surface area (Å²) in [5, 5.41) is 23.0. The maximum atomic E-state index is 12.7. The van der Waals surface area contributed by atoms with Crippen LogP contribution in [0, 0.1) is 34.5 Å². The summed E-state index contributed by atoms with van der Waals surface area (Å²) in [6, 6.07) is 0. The van der Waals surface area contributed by atoms with Gasteiger partial charge in [0.05, 0.1) is 23.9 Å². The molecule has 0 unspecified atom stereocenters. The van der Waals surface area contributed by atoms with Crippen molar-refractivity contribution < 1.29 is 43.5 Å². The fourth-order valence-corrected chi connectivity index (χ4v) is 10.4. The number of carbonyl (C=O) groups is 2. The van der Waals surface area contributed by atoms with Crippen LogP contribution in [-0.2, 0) is 33.3 Å². The van der Waals surface area contributed by atoms with Crippen molar-refractivity contribution in [2.45, 2.75) is 128 Å². The van der Waals surface area contributed by atoms with E-state index in [9.17, 15) is 19.8 Å².